The Morgan fingerprint density at radius 1 is 1.19 bits per heavy atom. The van der Waals surface area contributed by atoms with Crippen molar-refractivity contribution in [3.8, 4) is 0 Å². The van der Waals surface area contributed by atoms with Crippen LogP contribution in [0.1, 0.15) is 29.8 Å². The van der Waals surface area contributed by atoms with Crippen LogP contribution in [0.4, 0.5) is 11.4 Å². The molecule has 2 aromatic carbocycles. The number of fused-ring (bicyclic) bond motifs is 1. The molecule has 0 bridgehead atoms. The van der Waals surface area contributed by atoms with Crippen LogP contribution in [0.25, 0.3) is 0 Å². The van der Waals surface area contributed by atoms with Crippen molar-refractivity contribution in [1.29, 1.82) is 0 Å². The molecule has 0 unspecified atom stereocenters. The van der Waals surface area contributed by atoms with E-state index >= 15 is 0 Å². The quantitative estimate of drug-likeness (QED) is 0.624. The Kier molecular flexibility index (Phi) is 4.99. The Bertz CT molecular complexity index is 1000. The van der Waals surface area contributed by atoms with Crippen molar-refractivity contribution in [2.45, 2.75) is 31.2 Å². The first-order valence-electron chi connectivity index (χ1n) is 8.40. The molecule has 1 heterocycles. The molecular formula is C18H19N3O5S. The van der Waals surface area contributed by atoms with E-state index in [2.05, 4.69) is 4.72 Å². The van der Waals surface area contributed by atoms with E-state index in [0.29, 0.717) is 24.2 Å². The van der Waals surface area contributed by atoms with Gasteiger partial charge in [0, 0.05) is 30.3 Å². The summed E-state index contributed by atoms with van der Waals surface area (Å²) >= 11 is 0. The second-order valence-electron chi connectivity index (χ2n) is 6.58. The van der Waals surface area contributed by atoms with E-state index in [1.165, 1.54) is 41.3 Å². The number of amides is 1. The number of non-ortho nitro benzene ring substituents is 1. The van der Waals surface area contributed by atoms with Gasteiger partial charge in [-0.05, 0) is 50.1 Å². The van der Waals surface area contributed by atoms with Gasteiger partial charge >= 0.3 is 0 Å². The average molecular weight is 389 g/mol. The van der Waals surface area contributed by atoms with Crippen LogP contribution in [0.2, 0.25) is 0 Å². The molecule has 2 aromatic rings. The molecule has 142 valence electrons. The lowest BCUT2D eigenvalue weighted by molar-refractivity contribution is -0.384. The summed E-state index contributed by atoms with van der Waals surface area (Å²) in [5.74, 6) is -0.324. The number of anilines is 1. The van der Waals surface area contributed by atoms with Gasteiger partial charge in [0.2, 0.25) is 10.0 Å². The number of nitrogens with zero attached hydrogens (tertiary/aromatic N) is 2. The summed E-state index contributed by atoms with van der Waals surface area (Å²) < 4.78 is 26.8. The fraction of sp³-hybridized carbons (Fsp3) is 0.278. The van der Waals surface area contributed by atoms with E-state index in [-0.39, 0.29) is 22.5 Å². The van der Waals surface area contributed by atoms with Crippen molar-refractivity contribution >= 4 is 27.3 Å². The smallest absolute Gasteiger partial charge is 0.271 e. The molecule has 9 heteroatoms. The van der Waals surface area contributed by atoms with Gasteiger partial charge in [0.1, 0.15) is 0 Å². The first kappa shape index (κ1) is 19.0. The molecule has 0 spiro atoms. The summed E-state index contributed by atoms with van der Waals surface area (Å²) in [5, 5.41) is 11.0. The molecule has 8 nitrogen and oxygen atoms in total. The number of nitrogens with one attached hydrogen (secondary N) is 1. The van der Waals surface area contributed by atoms with Gasteiger partial charge in [-0.1, -0.05) is 6.07 Å². The topological polar surface area (TPSA) is 110 Å². The van der Waals surface area contributed by atoms with Crippen LogP contribution in [0, 0.1) is 10.1 Å². The molecule has 0 saturated heterocycles. The number of carbonyl (C=O) groups excluding carboxylic acids is 1. The van der Waals surface area contributed by atoms with Crippen molar-refractivity contribution in [2.24, 2.45) is 0 Å². The molecule has 3 rings (SSSR count). The molecule has 1 aliphatic heterocycles. The SMILES string of the molecule is CC(C)NS(=O)(=O)c1ccc(C(=O)N2CCc3ccc([N+](=O)[O-])cc32)cc1. The Morgan fingerprint density at radius 2 is 1.85 bits per heavy atom. The fourth-order valence-electron chi connectivity index (χ4n) is 3.00. The number of benzene rings is 2. The number of hydrogen-bond donors (Lipinski definition) is 1. The van der Waals surface area contributed by atoms with Crippen LogP contribution in [0.15, 0.2) is 47.4 Å². The average Bonchev–Trinajstić information content (AvgIpc) is 3.03. The Balaban J connectivity index is 1.86. The highest BCUT2D eigenvalue weighted by atomic mass is 32.2. The van der Waals surface area contributed by atoms with Crippen LogP contribution in [0.3, 0.4) is 0 Å². The monoisotopic (exact) mass is 389 g/mol. The highest BCUT2D eigenvalue weighted by Crippen LogP contribution is 2.32. The van der Waals surface area contributed by atoms with Crippen molar-refractivity contribution in [2.75, 3.05) is 11.4 Å². The molecule has 0 aliphatic carbocycles. The molecular weight excluding hydrogens is 370 g/mol. The van der Waals surface area contributed by atoms with Crippen molar-refractivity contribution in [3.63, 3.8) is 0 Å². The van der Waals surface area contributed by atoms with E-state index in [4.69, 9.17) is 0 Å². The zero-order chi connectivity index (χ0) is 19.8. The minimum atomic E-state index is -3.63. The molecule has 1 aliphatic rings. The summed E-state index contributed by atoms with van der Waals surface area (Å²) in [5.41, 5.74) is 1.63. The highest BCUT2D eigenvalue weighted by Gasteiger charge is 2.28. The number of carbonyl (C=O) groups is 1. The van der Waals surface area contributed by atoms with E-state index in [9.17, 15) is 23.3 Å². The van der Waals surface area contributed by atoms with Gasteiger partial charge in [-0.2, -0.15) is 0 Å². The zero-order valence-corrected chi connectivity index (χ0v) is 15.7. The molecule has 1 amide bonds. The van der Waals surface area contributed by atoms with Gasteiger partial charge in [-0.3, -0.25) is 14.9 Å². The van der Waals surface area contributed by atoms with Crippen LogP contribution in [-0.4, -0.2) is 31.8 Å². The Labute approximate surface area is 157 Å². The van der Waals surface area contributed by atoms with Crippen molar-refractivity contribution < 1.29 is 18.1 Å². The van der Waals surface area contributed by atoms with E-state index in [0.717, 1.165) is 5.56 Å². The normalized spacial score (nSPS) is 13.7. The van der Waals surface area contributed by atoms with E-state index < -0.39 is 14.9 Å². The maximum absolute atomic E-state index is 12.8. The zero-order valence-electron chi connectivity index (χ0n) is 14.9. The lowest BCUT2D eigenvalue weighted by Gasteiger charge is -2.17. The van der Waals surface area contributed by atoms with Gasteiger partial charge < -0.3 is 4.90 Å². The Morgan fingerprint density at radius 3 is 2.44 bits per heavy atom. The minimum Gasteiger partial charge on any atom is -0.308 e. The fourth-order valence-corrected chi connectivity index (χ4v) is 4.25. The van der Waals surface area contributed by atoms with Gasteiger partial charge in [0.05, 0.1) is 15.5 Å². The number of sulfonamides is 1. The number of rotatable bonds is 5. The summed E-state index contributed by atoms with van der Waals surface area (Å²) in [4.78, 5) is 24.9. The maximum atomic E-state index is 12.8. The van der Waals surface area contributed by atoms with E-state index in [1.54, 1.807) is 19.9 Å². The maximum Gasteiger partial charge on any atom is 0.271 e. The number of nitro groups is 1. The summed E-state index contributed by atoms with van der Waals surface area (Å²) in [6.07, 6.45) is 0.615. The minimum absolute atomic E-state index is 0.0743. The standard InChI is InChI=1S/C18H19N3O5S/c1-12(2)19-27(25,26)16-7-4-14(5-8-16)18(22)20-10-9-13-3-6-15(21(23)24)11-17(13)20/h3-8,11-12,19H,9-10H2,1-2H3. The van der Waals surface area contributed by atoms with Crippen LogP contribution < -0.4 is 9.62 Å². The van der Waals surface area contributed by atoms with Crippen molar-refractivity contribution in [1.82, 2.24) is 4.72 Å². The van der Waals surface area contributed by atoms with Crippen LogP contribution in [0.5, 0.6) is 0 Å². The first-order valence-corrected chi connectivity index (χ1v) is 9.89. The molecule has 0 fully saturated rings. The second-order valence-corrected chi connectivity index (χ2v) is 8.29. The first-order chi connectivity index (χ1) is 12.7. The van der Waals surface area contributed by atoms with Gasteiger partial charge in [0.15, 0.2) is 0 Å². The lowest BCUT2D eigenvalue weighted by atomic mass is 10.1. The third-order valence-electron chi connectivity index (χ3n) is 4.22. The third-order valence-corrected chi connectivity index (χ3v) is 5.90. The molecule has 0 atom stereocenters. The summed E-state index contributed by atoms with van der Waals surface area (Å²) in [7, 11) is -3.63. The molecule has 0 aromatic heterocycles. The van der Waals surface area contributed by atoms with E-state index in [1.807, 2.05) is 0 Å². The number of nitro benzene ring substituents is 1. The number of hydrogen-bond acceptors (Lipinski definition) is 5. The van der Waals surface area contributed by atoms with Crippen LogP contribution >= 0.6 is 0 Å². The summed E-state index contributed by atoms with van der Waals surface area (Å²) in [6.45, 7) is 3.86. The summed E-state index contributed by atoms with van der Waals surface area (Å²) in [6, 6.07) is 9.89. The molecule has 27 heavy (non-hydrogen) atoms. The lowest BCUT2D eigenvalue weighted by Crippen LogP contribution is -2.31. The Hall–Kier alpha value is -2.78. The highest BCUT2D eigenvalue weighted by molar-refractivity contribution is 7.89. The predicted molar refractivity (Wildman–Crippen MR) is 100 cm³/mol. The van der Waals surface area contributed by atoms with Gasteiger partial charge in [-0.15, -0.1) is 0 Å². The van der Waals surface area contributed by atoms with Gasteiger partial charge in [0.25, 0.3) is 11.6 Å². The van der Waals surface area contributed by atoms with Crippen LogP contribution in [-0.2, 0) is 16.4 Å². The molecule has 0 radical (unpaired) electrons. The van der Waals surface area contributed by atoms with Crippen molar-refractivity contribution in [3.05, 3.63) is 63.7 Å². The third kappa shape index (κ3) is 3.83. The molecule has 1 N–H and O–H groups in total. The molecule has 0 saturated carbocycles. The second kappa shape index (κ2) is 7.09. The van der Waals surface area contributed by atoms with Gasteiger partial charge in [-0.25, -0.2) is 13.1 Å². The largest absolute Gasteiger partial charge is 0.308 e. The predicted octanol–water partition coefficient (Wildman–Crippen LogP) is 2.48.